The molecule has 0 spiro atoms. The molecule has 2 aromatic carbocycles. The van der Waals surface area contributed by atoms with E-state index in [0.29, 0.717) is 33.8 Å². The van der Waals surface area contributed by atoms with Gasteiger partial charge in [0.2, 0.25) is 0 Å². The van der Waals surface area contributed by atoms with Gasteiger partial charge < -0.3 is 14.5 Å². The summed E-state index contributed by atoms with van der Waals surface area (Å²) in [5.74, 6) is 1.32. The lowest BCUT2D eigenvalue weighted by Crippen LogP contribution is -1.94. The second-order valence-corrected chi connectivity index (χ2v) is 6.32. The first-order valence-electron chi connectivity index (χ1n) is 7.90. The van der Waals surface area contributed by atoms with E-state index in [-0.39, 0.29) is 11.4 Å². The number of carbonyl (C=O) groups is 2. The number of rotatable bonds is 6. The highest BCUT2D eigenvalue weighted by molar-refractivity contribution is 6.69. The topological polar surface area (TPSA) is 68.4 Å². The van der Waals surface area contributed by atoms with E-state index in [2.05, 4.69) is 4.98 Å². The standard InChI is InChI=1S/C20H15Cl2NO4/c1-26-13-7-3-11(4-8-13)15-16(12-5-9-14(27-2)10-6-12)18(20(22)25)23-17(15)19(21)24/h3-10,23H,1-2H3. The van der Waals surface area contributed by atoms with E-state index >= 15 is 0 Å². The summed E-state index contributed by atoms with van der Waals surface area (Å²) in [6.45, 7) is 0. The number of methoxy groups -OCH3 is 2. The molecule has 138 valence electrons. The van der Waals surface area contributed by atoms with Gasteiger partial charge in [0.1, 0.15) is 22.9 Å². The molecule has 7 heteroatoms. The van der Waals surface area contributed by atoms with Crippen molar-refractivity contribution >= 4 is 33.7 Å². The maximum atomic E-state index is 12.0. The molecule has 0 bridgehead atoms. The van der Waals surface area contributed by atoms with Gasteiger partial charge in [-0.05, 0) is 58.6 Å². The summed E-state index contributed by atoms with van der Waals surface area (Å²) in [4.78, 5) is 26.8. The number of nitrogens with one attached hydrogen (secondary N) is 1. The van der Waals surface area contributed by atoms with E-state index in [0.717, 1.165) is 0 Å². The Morgan fingerprint density at radius 2 is 1.04 bits per heavy atom. The van der Waals surface area contributed by atoms with E-state index < -0.39 is 10.5 Å². The third-order valence-corrected chi connectivity index (χ3v) is 4.53. The molecule has 3 aromatic rings. The van der Waals surface area contributed by atoms with Gasteiger partial charge in [-0.2, -0.15) is 0 Å². The zero-order chi connectivity index (χ0) is 19.6. The Hall–Kier alpha value is -2.76. The maximum Gasteiger partial charge on any atom is 0.269 e. The highest BCUT2D eigenvalue weighted by atomic mass is 35.5. The SMILES string of the molecule is COc1ccc(-c2c(C(=O)Cl)[nH]c(C(=O)Cl)c2-c2ccc(OC)cc2)cc1. The molecule has 0 aliphatic carbocycles. The fourth-order valence-corrected chi connectivity index (χ4v) is 3.17. The lowest BCUT2D eigenvalue weighted by molar-refractivity contribution is 0.107. The fraction of sp³-hybridized carbons (Fsp3) is 0.100. The van der Waals surface area contributed by atoms with Gasteiger partial charge in [-0.15, -0.1) is 0 Å². The smallest absolute Gasteiger partial charge is 0.269 e. The monoisotopic (exact) mass is 403 g/mol. The molecule has 0 amide bonds. The van der Waals surface area contributed by atoms with Crippen LogP contribution >= 0.6 is 23.2 Å². The quantitative estimate of drug-likeness (QED) is 0.579. The molecule has 0 saturated carbocycles. The molecule has 0 atom stereocenters. The Balaban J connectivity index is 2.30. The van der Waals surface area contributed by atoms with Crippen LogP contribution < -0.4 is 9.47 Å². The van der Waals surface area contributed by atoms with Crippen LogP contribution in [-0.2, 0) is 0 Å². The second-order valence-electron chi connectivity index (χ2n) is 5.63. The Kier molecular flexibility index (Phi) is 5.54. The van der Waals surface area contributed by atoms with Crippen molar-refractivity contribution in [2.45, 2.75) is 0 Å². The summed E-state index contributed by atoms with van der Waals surface area (Å²) in [6, 6.07) is 14.1. The average Bonchev–Trinajstić information content (AvgIpc) is 3.09. The fourth-order valence-electron chi connectivity index (χ4n) is 2.89. The molecule has 1 N–H and O–H groups in total. The molecule has 0 aliphatic heterocycles. The van der Waals surface area contributed by atoms with Gasteiger partial charge in [0.05, 0.1) is 14.2 Å². The van der Waals surface area contributed by atoms with Crippen molar-refractivity contribution in [3.8, 4) is 33.8 Å². The van der Waals surface area contributed by atoms with Crippen LogP contribution in [0, 0.1) is 0 Å². The molecule has 1 heterocycles. The van der Waals surface area contributed by atoms with Gasteiger partial charge in [0.25, 0.3) is 10.5 Å². The summed E-state index contributed by atoms with van der Waals surface area (Å²) in [7, 11) is 3.12. The Labute approximate surface area is 165 Å². The number of halogens is 2. The number of ether oxygens (including phenoxy) is 2. The first-order valence-corrected chi connectivity index (χ1v) is 8.66. The molecule has 0 aliphatic rings. The molecule has 1 aromatic heterocycles. The van der Waals surface area contributed by atoms with Crippen LogP contribution in [-0.4, -0.2) is 29.7 Å². The van der Waals surface area contributed by atoms with Crippen LogP contribution in [0.3, 0.4) is 0 Å². The number of carbonyl (C=O) groups excluding carboxylic acids is 2. The number of H-pyrrole nitrogens is 1. The van der Waals surface area contributed by atoms with E-state index in [1.54, 1.807) is 62.8 Å². The van der Waals surface area contributed by atoms with E-state index in [9.17, 15) is 9.59 Å². The maximum absolute atomic E-state index is 12.0. The first-order chi connectivity index (χ1) is 13.0. The van der Waals surface area contributed by atoms with Gasteiger partial charge in [-0.3, -0.25) is 9.59 Å². The Bertz CT molecular complexity index is 912. The third-order valence-electron chi connectivity index (χ3n) is 4.15. The normalized spacial score (nSPS) is 10.5. The highest BCUT2D eigenvalue weighted by Crippen LogP contribution is 2.40. The number of aromatic nitrogens is 1. The number of aromatic amines is 1. The minimum absolute atomic E-state index is 0.0941. The number of hydrogen-bond acceptors (Lipinski definition) is 4. The second kappa shape index (κ2) is 7.86. The molecule has 27 heavy (non-hydrogen) atoms. The van der Waals surface area contributed by atoms with E-state index in [4.69, 9.17) is 32.7 Å². The van der Waals surface area contributed by atoms with Crippen LogP contribution in [0.15, 0.2) is 48.5 Å². The lowest BCUT2D eigenvalue weighted by atomic mass is 9.95. The van der Waals surface area contributed by atoms with Crippen LogP contribution in [0.25, 0.3) is 22.3 Å². The molecule has 3 rings (SSSR count). The number of benzene rings is 2. The number of hydrogen-bond donors (Lipinski definition) is 1. The summed E-state index contributed by atoms with van der Waals surface area (Å²) in [5, 5.41) is -1.44. The van der Waals surface area contributed by atoms with Gasteiger partial charge >= 0.3 is 0 Å². The summed E-state index contributed by atoms with van der Waals surface area (Å²) in [6.07, 6.45) is 0. The van der Waals surface area contributed by atoms with Crippen molar-refractivity contribution in [3.63, 3.8) is 0 Å². The zero-order valence-electron chi connectivity index (χ0n) is 14.5. The summed E-state index contributed by atoms with van der Waals surface area (Å²) >= 11 is 11.5. The Morgan fingerprint density at radius 1 is 0.704 bits per heavy atom. The van der Waals surface area contributed by atoms with Crippen molar-refractivity contribution in [3.05, 3.63) is 59.9 Å². The van der Waals surface area contributed by atoms with Gasteiger partial charge in [0.15, 0.2) is 0 Å². The Morgan fingerprint density at radius 3 is 1.30 bits per heavy atom. The van der Waals surface area contributed by atoms with Crippen molar-refractivity contribution in [1.29, 1.82) is 0 Å². The lowest BCUT2D eigenvalue weighted by Gasteiger charge is -2.09. The average molecular weight is 404 g/mol. The van der Waals surface area contributed by atoms with E-state index in [1.807, 2.05) is 0 Å². The predicted molar refractivity (Wildman–Crippen MR) is 105 cm³/mol. The predicted octanol–water partition coefficient (Wildman–Crippen LogP) is 5.12. The zero-order valence-corrected chi connectivity index (χ0v) is 16.0. The van der Waals surface area contributed by atoms with Gasteiger partial charge in [-0.25, -0.2) is 0 Å². The van der Waals surface area contributed by atoms with E-state index in [1.165, 1.54) is 0 Å². The molecule has 5 nitrogen and oxygen atoms in total. The van der Waals surface area contributed by atoms with Crippen LogP contribution in [0.2, 0.25) is 0 Å². The molecule has 0 radical (unpaired) electrons. The van der Waals surface area contributed by atoms with Crippen molar-refractivity contribution in [2.75, 3.05) is 14.2 Å². The van der Waals surface area contributed by atoms with Crippen LogP contribution in [0.5, 0.6) is 11.5 Å². The molecular formula is C20H15Cl2NO4. The van der Waals surface area contributed by atoms with Gasteiger partial charge in [0, 0.05) is 11.1 Å². The van der Waals surface area contributed by atoms with Crippen LogP contribution in [0.4, 0.5) is 0 Å². The third kappa shape index (κ3) is 3.70. The van der Waals surface area contributed by atoms with Crippen LogP contribution in [0.1, 0.15) is 21.0 Å². The molecule has 0 saturated heterocycles. The van der Waals surface area contributed by atoms with Gasteiger partial charge in [-0.1, -0.05) is 24.3 Å². The highest BCUT2D eigenvalue weighted by Gasteiger charge is 2.26. The largest absolute Gasteiger partial charge is 0.497 e. The molecule has 0 unspecified atom stereocenters. The molecular weight excluding hydrogens is 389 g/mol. The van der Waals surface area contributed by atoms with Crippen molar-refractivity contribution in [1.82, 2.24) is 4.98 Å². The molecule has 0 fully saturated rings. The summed E-state index contributed by atoms with van der Waals surface area (Å²) < 4.78 is 10.4. The summed E-state index contributed by atoms with van der Waals surface area (Å²) in [5.41, 5.74) is 2.55. The van der Waals surface area contributed by atoms with Crippen molar-refractivity contribution < 1.29 is 19.1 Å². The minimum Gasteiger partial charge on any atom is -0.497 e. The minimum atomic E-state index is -0.722. The first kappa shape index (κ1) is 19.0. The van der Waals surface area contributed by atoms with Crippen molar-refractivity contribution in [2.24, 2.45) is 0 Å².